The van der Waals surface area contributed by atoms with E-state index < -0.39 is 0 Å². The van der Waals surface area contributed by atoms with Crippen LogP contribution >= 0.6 is 0 Å². The van der Waals surface area contributed by atoms with Gasteiger partial charge in [0.2, 0.25) is 0 Å². The van der Waals surface area contributed by atoms with Crippen LogP contribution in [0.2, 0.25) is 0 Å². The highest BCUT2D eigenvalue weighted by atomic mass is 16.5. The van der Waals surface area contributed by atoms with Crippen molar-refractivity contribution in [2.24, 2.45) is 0 Å². The quantitative estimate of drug-likeness (QED) is 0.596. The Morgan fingerprint density at radius 1 is 1.00 bits per heavy atom. The highest BCUT2D eigenvalue weighted by molar-refractivity contribution is 5.64. The molecular formula is C21H28O. The van der Waals surface area contributed by atoms with E-state index >= 15 is 0 Å². The Hall–Kier alpha value is -2.02. The largest absolute Gasteiger partial charge is 0.496 e. The molecule has 0 saturated carbocycles. The Morgan fingerprint density at radius 2 is 1.68 bits per heavy atom. The molecule has 0 aromatic heterocycles. The summed E-state index contributed by atoms with van der Waals surface area (Å²) in [7, 11) is 1.72. The molecule has 0 aliphatic carbocycles. The number of benzene rings is 1. The molecule has 22 heavy (non-hydrogen) atoms. The van der Waals surface area contributed by atoms with Gasteiger partial charge in [-0.25, -0.2) is 0 Å². The maximum atomic E-state index is 5.42. The molecular weight excluding hydrogens is 268 g/mol. The van der Waals surface area contributed by atoms with Crippen molar-refractivity contribution in [2.75, 3.05) is 7.11 Å². The first-order chi connectivity index (χ1) is 10.4. The molecule has 0 bridgehead atoms. The minimum Gasteiger partial charge on any atom is -0.496 e. The van der Waals surface area contributed by atoms with Crippen LogP contribution in [0.15, 0.2) is 47.6 Å². The zero-order valence-electron chi connectivity index (χ0n) is 14.9. The average Bonchev–Trinajstić information content (AvgIpc) is 2.50. The number of aryl methyl sites for hydroxylation is 1. The van der Waals surface area contributed by atoms with E-state index in [2.05, 4.69) is 77.1 Å². The van der Waals surface area contributed by atoms with Gasteiger partial charge in [-0.2, -0.15) is 0 Å². The van der Waals surface area contributed by atoms with Gasteiger partial charge in [0.05, 0.1) is 7.11 Å². The molecule has 0 heterocycles. The molecule has 1 heteroatoms. The molecule has 0 radical (unpaired) electrons. The number of rotatable bonds is 5. The van der Waals surface area contributed by atoms with Crippen molar-refractivity contribution in [3.8, 4) is 5.75 Å². The first-order valence-electron chi connectivity index (χ1n) is 7.71. The molecule has 118 valence electrons. The van der Waals surface area contributed by atoms with Gasteiger partial charge in [0.1, 0.15) is 5.75 Å². The van der Waals surface area contributed by atoms with E-state index in [-0.39, 0.29) is 0 Å². The summed E-state index contributed by atoms with van der Waals surface area (Å²) in [5.74, 6) is 0.962. The Morgan fingerprint density at radius 3 is 2.27 bits per heavy atom. The van der Waals surface area contributed by atoms with Gasteiger partial charge in [0.25, 0.3) is 0 Å². The van der Waals surface area contributed by atoms with Crippen LogP contribution in [0.4, 0.5) is 0 Å². The number of allylic oxidation sites excluding steroid dienone is 7. The average molecular weight is 296 g/mol. The van der Waals surface area contributed by atoms with Crippen molar-refractivity contribution < 1.29 is 4.74 Å². The van der Waals surface area contributed by atoms with Gasteiger partial charge < -0.3 is 4.74 Å². The van der Waals surface area contributed by atoms with E-state index in [0.717, 1.165) is 5.75 Å². The van der Waals surface area contributed by atoms with Crippen LogP contribution < -0.4 is 4.74 Å². The standard InChI is InChI=1S/C21H28O/c1-8-15(2)10-9-11-16(3)12-13-20-17(4)14-21(22-7)19(6)18(20)5/h8-14H,1-7H3/b10-9+,13-12+,15-8+,16-11+. The van der Waals surface area contributed by atoms with Gasteiger partial charge in [0.15, 0.2) is 0 Å². The van der Waals surface area contributed by atoms with E-state index in [0.29, 0.717) is 0 Å². The van der Waals surface area contributed by atoms with Crippen LogP contribution in [0, 0.1) is 20.8 Å². The molecule has 0 aliphatic rings. The lowest BCUT2D eigenvalue weighted by molar-refractivity contribution is 0.411. The van der Waals surface area contributed by atoms with Crippen molar-refractivity contribution in [1.82, 2.24) is 0 Å². The summed E-state index contributed by atoms with van der Waals surface area (Å²) in [5, 5.41) is 0. The van der Waals surface area contributed by atoms with E-state index in [4.69, 9.17) is 4.74 Å². The van der Waals surface area contributed by atoms with Crippen molar-refractivity contribution in [1.29, 1.82) is 0 Å². The SMILES string of the molecule is C/C=C(C)/C=C/C=C(C)/C=C/c1c(C)cc(OC)c(C)c1C. The third-order valence-electron chi connectivity index (χ3n) is 4.01. The molecule has 0 atom stereocenters. The summed E-state index contributed by atoms with van der Waals surface area (Å²) in [6.07, 6.45) is 12.8. The molecule has 1 rings (SSSR count). The molecule has 0 aliphatic heterocycles. The van der Waals surface area contributed by atoms with E-state index in [1.165, 1.54) is 33.4 Å². The minimum absolute atomic E-state index is 0.962. The maximum Gasteiger partial charge on any atom is 0.122 e. The van der Waals surface area contributed by atoms with Crippen LogP contribution in [0.3, 0.4) is 0 Å². The summed E-state index contributed by atoms with van der Waals surface area (Å²) in [6, 6.07) is 2.11. The summed E-state index contributed by atoms with van der Waals surface area (Å²) < 4.78 is 5.42. The highest BCUT2D eigenvalue weighted by Crippen LogP contribution is 2.28. The van der Waals surface area contributed by atoms with Crippen molar-refractivity contribution in [3.63, 3.8) is 0 Å². The normalized spacial score (nSPS) is 13.4. The molecule has 1 aromatic rings. The molecule has 0 spiro atoms. The highest BCUT2D eigenvalue weighted by Gasteiger charge is 2.08. The topological polar surface area (TPSA) is 9.23 Å². The Kier molecular flexibility index (Phi) is 6.91. The van der Waals surface area contributed by atoms with Crippen molar-refractivity contribution in [3.05, 3.63) is 69.8 Å². The van der Waals surface area contributed by atoms with E-state index in [1.54, 1.807) is 7.11 Å². The van der Waals surface area contributed by atoms with Gasteiger partial charge in [-0.15, -0.1) is 0 Å². The fraction of sp³-hybridized carbons (Fsp3) is 0.333. The van der Waals surface area contributed by atoms with Gasteiger partial charge in [-0.1, -0.05) is 47.6 Å². The molecule has 0 N–H and O–H groups in total. The number of hydrogen-bond acceptors (Lipinski definition) is 1. The lowest BCUT2D eigenvalue weighted by Gasteiger charge is -2.13. The molecule has 0 amide bonds. The minimum atomic E-state index is 0.962. The van der Waals surface area contributed by atoms with Crippen LogP contribution in [-0.4, -0.2) is 7.11 Å². The zero-order chi connectivity index (χ0) is 16.7. The van der Waals surface area contributed by atoms with Crippen LogP contribution in [-0.2, 0) is 0 Å². The first kappa shape index (κ1) is 18.0. The van der Waals surface area contributed by atoms with Gasteiger partial charge in [0, 0.05) is 0 Å². The van der Waals surface area contributed by atoms with Gasteiger partial charge in [-0.05, 0) is 69.9 Å². The summed E-state index contributed by atoms with van der Waals surface area (Å²) in [6.45, 7) is 12.7. The lowest BCUT2D eigenvalue weighted by atomic mass is 9.96. The van der Waals surface area contributed by atoms with Crippen LogP contribution in [0.5, 0.6) is 5.75 Å². The van der Waals surface area contributed by atoms with Gasteiger partial charge in [-0.3, -0.25) is 0 Å². The Balaban J connectivity index is 3.02. The molecule has 0 unspecified atom stereocenters. The zero-order valence-corrected chi connectivity index (χ0v) is 14.9. The summed E-state index contributed by atoms with van der Waals surface area (Å²) in [4.78, 5) is 0. The first-order valence-corrected chi connectivity index (χ1v) is 7.71. The monoisotopic (exact) mass is 296 g/mol. The second-order valence-corrected chi connectivity index (χ2v) is 5.70. The van der Waals surface area contributed by atoms with Gasteiger partial charge >= 0.3 is 0 Å². The second-order valence-electron chi connectivity index (χ2n) is 5.70. The predicted octanol–water partition coefficient (Wildman–Crippen LogP) is 6.10. The van der Waals surface area contributed by atoms with Crippen LogP contribution in [0.25, 0.3) is 6.08 Å². The third kappa shape index (κ3) is 4.77. The molecule has 1 nitrogen and oxygen atoms in total. The predicted molar refractivity (Wildman–Crippen MR) is 98.6 cm³/mol. The molecule has 0 saturated heterocycles. The maximum absolute atomic E-state index is 5.42. The summed E-state index contributed by atoms with van der Waals surface area (Å²) >= 11 is 0. The fourth-order valence-corrected chi connectivity index (χ4v) is 2.25. The smallest absolute Gasteiger partial charge is 0.122 e. The number of hydrogen-bond donors (Lipinski definition) is 0. The lowest BCUT2D eigenvalue weighted by Crippen LogP contribution is -1.95. The number of methoxy groups -OCH3 is 1. The molecule has 0 fully saturated rings. The van der Waals surface area contributed by atoms with Crippen molar-refractivity contribution in [2.45, 2.75) is 41.5 Å². The number of ether oxygens (including phenoxy) is 1. The van der Waals surface area contributed by atoms with Crippen LogP contribution in [0.1, 0.15) is 43.0 Å². The molecule has 1 aromatic carbocycles. The summed E-state index contributed by atoms with van der Waals surface area (Å²) in [5.41, 5.74) is 7.50. The Bertz CT molecular complexity index is 640. The second kappa shape index (κ2) is 8.43. The van der Waals surface area contributed by atoms with Crippen molar-refractivity contribution >= 4 is 6.08 Å². The van der Waals surface area contributed by atoms with E-state index in [9.17, 15) is 0 Å². The fourth-order valence-electron chi connectivity index (χ4n) is 2.25. The third-order valence-corrected chi connectivity index (χ3v) is 4.01. The Labute approximate surface area is 135 Å². The van der Waals surface area contributed by atoms with E-state index in [1.807, 2.05) is 6.92 Å².